The summed E-state index contributed by atoms with van der Waals surface area (Å²) in [5, 5.41) is 0. The standard InChI is InChI=1S/C16H19NO3/c1-16(2)13-12(14(16)18)8-9-17(13)15(19)20-10-11-6-4-3-5-7-11/h3-7,12-13H,8-10H2,1-2H3/t12-,13+/m0/s1. The Kier molecular flexibility index (Phi) is 3.04. The molecule has 1 aromatic carbocycles. The number of carbonyl (C=O) groups excluding carboxylic acids is 2. The van der Waals surface area contributed by atoms with E-state index in [0.717, 1.165) is 12.0 Å². The van der Waals surface area contributed by atoms with E-state index in [1.54, 1.807) is 4.90 Å². The highest BCUT2D eigenvalue weighted by molar-refractivity contribution is 5.96. The molecule has 1 aromatic rings. The minimum absolute atomic E-state index is 0.0123. The average Bonchev–Trinajstić information content (AvgIpc) is 2.88. The van der Waals surface area contributed by atoms with E-state index in [4.69, 9.17) is 4.74 Å². The molecule has 4 heteroatoms. The Bertz CT molecular complexity index is 538. The average molecular weight is 273 g/mol. The summed E-state index contributed by atoms with van der Waals surface area (Å²) in [7, 11) is 0. The van der Waals surface area contributed by atoms with Crippen LogP contribution in [0.5, 0.6) is 0 Å². The summed E-state index contributed by atoms with van der Waals surface area (Å²) in [6.07, 6.45) is 0.467. The van der Waals surface area contributed by atoms with E-state index < -0.39 is 5.41 Å². The third kappa shape index (κ3) is 1.90. The third-order valence-corrected chi connectivity index (χ3v) is 4.55. The SMILES string of the molecule is CC1(C)C(=O)[C@H]2CCN(C(=O)OCc3ccccc3)[C@H]21. The van der Waals surface area contributed by atoms with E-state index in [9.17, 15) is 9.59 Å². The minimum Gasteiger partial charge on any atom is -0.445 e. The van der Waals surface area contributed by atoms with E-state index in [0.29, 0.717) is 6.54 Å². The second kappa shape index (κ2) is 4.62. The molecule has 0 unspecified atom stereocenters. The van der Waals surface area contributed by atoms with Crippen molar-refractivity contribution in [3.8, 4) is 0 Å². The highest BCUT2D eigenvalue weighted by Crippen LogP contribution is 2.50. The Morgan fingerprint density at radius 3 is 2.75 bits per heavy atom. The van der Waals surface area contributed by atoms with Gasteiger partial charge in [0, 0.05) is 17.9 Å². The van der Waals surface area contributed by atoms with Gasteiger partial charge in [0.25, 0.3) is 0 Å². The number of benzene rings is 1. The highest BCUT2D eigenvalue weighted by Gasteiger charge is 2.62. The van der Waals surface area contributed by atoms with Crippen LogP contribution in [0.2, 0.25) is 0 Å². The number of hydrogen-bond donors (Lipinski definition) is 0. The molecule has 106 valence electrons. The second-order valence-electron chi connectivity index (χ2n) is 6.16. The van der Waals surface area contributed by atoms with E-state index in [1.165, 1.54) is 0 Å². The van der Waals surface area contributed by atoms with Crippen molar-refractivity contribution in [1.29, 1.82) is 0 Å². The van der Waals surface area contributed by atoms with Crippen molar-refractivity contribution in [3.05, 3.63) is 35.9 Å². The van der Waals surface area contributed by atoms with Crippen LogP contribution in [0.3, 0.4) is 0 Å². The topological polar surface area (TPSA) is 46.6 Å². The van der Waals surface area contributed by atoms with Gasteiger partial charge >= 0.3 is 6.09 Å². The van der Waals surface area contributed by atoms with Crippen molar-refractivity contribution >= 4 is 11.9 Å². The van der Waals surface area contributed by atoms with Crippen molar-refractivity contribution in [3.63, 3.8) is 0 Å². The van der Waals surface area contributed by atoms with Gasteiger partial charge in [-0.05, 0) is 12.0 Å². The first-order chi connectivity index (χ1) is 9.51. The summed E-state index contributed by atoms with van der Waals surface area (Å²) in [6.45, 7) is 4.73. The lowest BCUT2D eigenvalue weighted by Gasteiger charge is -2.48. The summed E-state index contributed by atoms with van der Waals surface area (Å²) in [4.78, 5) is 25.9. The molecule has 1 aliphatic carbocycles. The number of Topliss-reactive ketones (excluding diaryl/α,β-unsaturated/α-hetero) is 1. The Labute approximate surface area is 118 Å². The highest BCUT2D eigenvalue weighted by atomic mass is 16.6. The first-order valence-electron chi connectivity index (χ1n) is 7.03. The van der Waals surface area contributed by atoms with Gasteiger partial charge in [0.15, 0.2) is 0 Å². The minimum atomic E-state index is -0.424. The number of amides is 1. The van der Waals surface area contributed by atoms with Gasteiger partial charge in [0.2, 0.25) is 0 Å². The summed E-state index contributed by atoms with van der Waals surface area (Å²) >= 11 is 0. The van der Waals surface area contributed by atoms with Crippen molar-refractivity contribution in [2.75, 3.05) is 6.54 Å². The molecule has 0 spiro atoms. The van der Waals surface area contributed by atoms with Crippen LogP contribution in [0.25, 0.3) is 0 Å². The van der Waals surface area contributed by atoms with Crippen LogP contribution in [0, 0.1) is 11.3 Å². The van der Waals surface area contributed by atoms with Gasteiger partial charge < -0.3 is 9.64 Å². The second-order valence-corrected chi connectivity index (χ2v) is 6.16. The predicted molar refractivity (Wildman–Crippen MR) is 74.0 cm³/mol. The van der Waals surface area contributed by atoms with Crippen molar-refractivity contribution < 1.29 is 14.3 Å². The number of ketones is 1. The first-order valence-corrected chi connectivity index (χ1v) is 7.03. The van der Waals surface area contributed by atoms with Crippen LogP contribution in [-0.4, -0.2) is 29.4 Å². The van der Waals surface area contributed by atoms with E-state index >= 15 is 0 Å². The molecule has 3 rings (SSSR count). The van der Waals surface area contributed by atoms with Crippen LogP contribution in [0.1, 0.15) is 25.8 Å². The number of ether oxygens (including phenoxy) is 1. The van der Waals surface area contributed by atoms with Crippen molar-refractivity contribution in [2.45, 2.75) is 32.9 Å². The fraction of sp³-hybridized carbons (Fsp3) is 0.500. The maximum absolute atomic E-state index is 12.2. The molecule has 4 nitrogen and oxygen atoms in total. The van der Waals surface area contributed by atoms with Gasteiger partial charge in [0.05, 0.1) is 6.04 Å². The first kappa shape index (κ1) is 13.2. The number of carbonyl (C=O) groups is 2. The van der Waals surface area contributed by atoms with E-state index in [-0.39, 0.29) is 30.4 Å². The van der Waals surface area contributed by atoms with Gasteiger partial charge in [-0.3, -0.25) is 4.79 Å². The lowest BCUT2D eigenvalue weighted by molar-refractivity contribution is -0.149. The van der Waals surface area contributed by atoms with Gasteiger partial charge in [-0.2, -0.15) is 0 Å². The lowest BCUT2D eigenvalue weighted by atomic mass is 9.59. The molecular weight excluding hydrogens is 254 g/mol. The number of rotatable bonds is 2. The van der Waals surface area contributed by atoms with Crippen molar-refractivity contribution in [1.82, 2.24) is 4.90 Å². The molecule has 2 fully saturated rings. The Morgan fingerprint density at radius 2 is 2.05 bits per heavy atom. The summed E-state index contributed by atoms with van der Waals surface area (Å²) < 4.78 is 5.37. The molecule has 20 heavy (non-hydrogen) atoms. The number of fused-ring (bicyclic) bond motifs is 1. The molecule has 1 aliphatic heterocycles. The maximum Gasteiger partial charge on any atom is 0.410 e. The van der Waals surface area contributed by atoms with Gasteiger partial charge in [0.1, 0.15) is 12.4 Å². The molecule has 1 heterocycles. The quantitative estimate of drug-likeness (QED) is 0.832. The van der Waals surface area contributed by atoms with Crippen LogP contribution in [-0.2, 0) is 16.1 Å². The molecule has 2 atom stereocenters. The summed E-state index contributed by atoms with van der Waals surface area (Å²) in [5.74, 6) is 0.301. The van der Waals surface area contributed by atoms with E-state index in [2.05, 4.69) is 0 Å². The summed E-state index contributed by atoms with van der Waals surface area (Å²) in [5.41, 5.74) is 0.549. The normalized spacial score (nSPS) is 26.9. The Morgan fingerprint density at radius 1 is 1.35 bits per heavy atom. The number of nitrogens with zero attached hydrogens (tertiary/aromatic N) is 1. The van der Waals surface area contributed by atoms with Gasteiger partial charge in [-0.15, -0.1) is 0 Å². The fourth-order valence-electron chi connectivity index (χ4n) is 3.49. The van der Waals surface area contributed by atoms with Crippen LogP contribution in [0.4, 0.5) is 4.79 Å². The fourth-order valence-corrected chi connectivity index (χ4v) is 3.49. The zero-order valence-corrected chi connectivity index (χ0v) is 11.8. The molecule has 0 aromatic heterocycles. The van der Waals surface area contributed by atoms with Gasteiger partial charge in [-0.1, -0.05) is 44.2 Å². The molecule has 0 N–H and O–H groups in total. The molecule has 1 saturated heterocycles. The van der Waals surface area contributed by atoms with Crippen molar-refractivity contribution in [2.24, 2.45) is 11.3 Å². The molecule has 2 aliphatic rings. The molecule has 0 radical (unpaired) electrons. The smallest absolute Gasteiger partial charge is 0.410 e. The number of likely N-dealkylation sites (tertiary alicyclic amines) is 1. The third-order valence-electron chi connectivity index (χ3n) is 4.55. The largest absolute Gasteiger partial charge is 0.445 e. The zero-order valence-electron chi connectivity index (χ0n) is 11.8. The Balaban J connectivity index is 1.63. The van der Waals surface area contributed by atoms with Crippen LogP contribution >= 0.6 is 0 Å². The van der Waals surface area contributed by atoms with Crippen LogP contribution < -0.4 is 0 Å². The zero-order chi connectivity index (χ0) is 14.3. The van der Waals surface area contributed by atoms with Crippen LogP contribution in [0.15, 0.2) is 30.3 Å². The Hall–Kier alpha value is -1.84. The molecule has 0 bridgehead atoms. The monoisotopic (exact) mass is 273 g/mol. The van der Waals surface area contributed by atoms with E-state index in [1.807, 2.05) is 44.2 Å². The predicted octanol–water partition coefficient (Wildman–Crippen LogP) is 2.62. The number of hydrogen-bond acceptors (Lipinski definition) is 3. The van der Waals surface area contributed by atoms with Gasteiger partial charge in [-0.25, -0.2) is 4.79 Å². The lowest BCUT2D eigenvalue weighted by Crippen LogP contribution is -2.62. The molecule has 1 saturated carbocycles. The molecule has 1 amide bonds. The molecular formula is C16H19NO3. The maximum atomic E-state index is 12.2. The summed E-state index contributed by atoms with van der Waals surface area (Å²) in [6, 6.07) is 9.64.